The molecule has 0 radical (unpaired) electrons. The molecule has 1 aromatic heterocycles. The predicted octanol–water partition coefficient (Wildman–Crippen LogP) is 3.66. The maximum Gasteiger partial charge on any atom is 0.124 e. The van der Waals surface area contributed by atoms with Crippen LogP contribution in [0.4, 0.5) is 5.69 Å². The molecule has 0 amide bonds. The smallest absolute Gasteiger partial charge is 0.124 e. The Bertz CT molecular complexity index is 919. The van der Waals surface area contributed by atoms with Crippen LogP contribution in [0.1, 0.15) is 38.1 Å². The van der Waals surface area contributed by atoms with Gasteiger partial charge < -0.3 is 14.8 Å². The van der Waals surface area contributed by atoms with Crippen LogP contribution in [-0.4, -0.2) is 59.8 Å². The summed E-state index contributed by atoms with van der Waals surface area (Å²) in [4.78, 5) is 18.0. The highest BCUT2D eigenvalue weighted by Crippen LogP contribution is 2.31. The lowest BCUT2D eigenvalue weighted by atomic mass is 9.92. The predicted molar refractivity (Wildman–Crippen MR) is 122 cm³/mol. The summed E-state index contributed by atoms with van der Waals surface area (Å²) in [5, 5.41) is 3.75. The molecule has 4 rings (SSSR count). The maximum absolute atomic E-state index is 5.06. The lowest BCUT2D eigenvalue weighted by Crippen LogP contribution is -2.44. The molecule has 6 nitrogen and oxygen atoms in total. The number of nitrogens with zero attached hydrogens (tertiary/aromatic N) is 4. The molecular weight excluding hydrogens is 360 g/mol. The van der Waals surface area contributed by atoms with E-state index >= 15 is 0 Å². The van der Waals surface area contributed by atoms with Crippen LogP contribution < -0.4 is 10.2 Å². The van der Waals surface area contributed by atoms with Crippen LogP contribution in [0.25, 0.3) is 11.0 Å². The first kappa shape index (κ1) is 19.9. The number of hydrogen-bond donors (Lipinski definition) is 2. The van der Waals surface area contributed by atoms with Crippen molar-refractivity contribution in [1.29, 1.82) is 0 Å². The molecule has 2 aliphatic heterocycles. The second-order valence-electron chi connectivity index (χ2n) is 8.27. The first-order chi connectivity index (χ1) is 14.1. The van der Waals surface area contributed by atoms with Crippen LogP contribution in [0.3, 0.4) is 0 Å². The fourth-order valence-corrected chi connectivity index (χ4v) is 4.47. The van der Waals surface area contributed by atoms with Gasteiger partial charge in [0, 0.05) is 32.4 Å². The molecule has 3 heterocycles. The number of para-hydroxylation sites is 1. The number of piperazine rings is 1. The molecule has 2 N–H and O–H groups in total. The van der Waals surface area contributed by atoms with E-state index in [1.807, 2.05) is 6.92 Å². The summed E-state index contributed by atoms with van der Waals surface area (Å²) in [5.41, 5.74) is 5.42. The molecule has 2 fully saturated rings. The third-order valence-electron chi connectivity index (χ3n) is 6.07. The van der Waals surface area contributed by atoms with Gasteiger partial charge in [0.25, 0.3) is 0 Å². The fourth-order valence-electron chi connectivity index (χ4n) is 4.47. The number of nitrogens with one attached hydrogen (secondary N) is 2. The molecule has 2 aromatic rings. The standard InChI is InChI=1S/C23H32N6/c1-5-24-21(16(2)3)17-8-6-10-19(25-17)23-26-18-9-7-11-20(22(18)27-23)29-14-12-28(4)13-15-29/h5,7,9,11,17,19,25H,1-2,6,8,10,12-15H2,3-4H3,(H,26,27). The van der Waals surface area contributed by atoms with Crippen molar-refractivity contribution in [3.05, 3.63) is 49.0 Å². The Balaban J connectivity index is 1.59. The zero-order chi connectivity index (χ0) is 20.4. The highest BCUT2D eigenvalue weighted by molar-refractivity contribution is 6.03. The number of aliphatic imine (C=N–C) groups is 1. The van der Waals surface area contributed by atoms with Crippen LogP contribution in [0.5, 0.6) is 0 Å². The van der Waals surface area contributed by atoms with Crippen molar-refractivity contribution in [2.45, 2.75) is 38.3 Å². The number of aromatic nitrogens is 2. The topological polar surface area (TPSA) is 59.6 Å². The van der Waals surface area contributed by atoms with Gasteiger partial charge in [0.1, 0.15) is 11.3 Å². The number of hydrogen-bond acceptors (Lipinski definition) is 5. The first-order valence-corrected chi connectivity index (χ1v) is 10.6. The molecule has 0 spiro atoms. The van der Waals surface area contributed by atoms with E-state index in [-0.39, 0.29) is 12.1 Å². The number of imidazole rings is 1. The molecule has 29 heavy (non-hydrogen) atoms. The zero-order valence-electron chi connectivity index (χ0n) is 17.6. The van der Waals surface area contributed by atoms with E-state index in [4.69, 9.17) is 4.98 Å². The normalized spacial score (nSPS) is 24.1. The van der Waals surface area contributed by atoms with Gasteiger partial charge in [-0.1, -0.05) is 19.2 Å². The number of likely N-dealkylation sites (N-methyl/N-ethyl adjacent to an activating group) is 1. The van der Waals surface area contributed by atoms with E-state index in [0.717, 1.165) is 73.6 Å². The molecule has 2 unspecified atom stereocenters. The lowest BCUT2D eigenvalue weighted by molar-refractivity contribution is 0.313. The number of aromatic amines is 1. The third-order valence-corrected chi connectivity index (χ3v) is 6.07. The lowest BCUT2D eigenvalue weighted by Gasteiger charge is -2.34. The summed E-state index contributed by atoms with van der Waals surface area (Å²) in [6.07, 6.45) is 4.87. The van der Waals surface area contributed by atoms with Crippen molar-refractivity contribution < 1.29 is 0 Å². The molecule has 2 atom stereocenters. The minimum atomic E-state index is 0.189. The monoisotopic (exact) mass is 392 g/mol. The van der Waals surface area contributed by atoms with E-state index in [1.54, 1.807) is 6.20 Å². The zero-order valence-corrected chi connectivity index (χ0v) is 17.6. The summed E-state index contributed by atoms with van der Waals surface area (Å²) >= 11 is 0. The molecule has 6 heteroatoms. The SMILES string of the molecule is C=CN=C(C(=C)C)C1CCCC(c2nc3c(N4CCN(C)CC4)cccc3[nH]2)N1. The summed E-state index contributed by atoms with van der Waals surface area (Å²) in [5.74, 6) is 1.02. The summed E-state index contributed by atoms with van der Waals surface area (Å²) < 4.78 is 0. The summed E-state index contributed by atoms with van der Waals surface area (Å²) in [6.45, 7) is 14.1. The van der Waals surface area contributed by atoms with E-state index in [1.165, 1.54) is 5.69 Å². The molecule has 154 valence electrons. The number of rotatable bonds is 5. The Morgan fingerprint density at radius 3 is 2.76 bits per heavy atom. The van der Waals surface area contributed by atoms with Crippen molar-refractivity contribution in [2.24, 2.45) is 4.99 Å². The second kappa shape index (κ2) is 8.51. The Hall–Kier alpha value is -2.44. The van der Waals surface area contributed by atoms with Crippen LogP contribution in [0.2, 0.25) is 0 Å². The number of H-pyrrole nitrogens is 1. The molecule has 0 aliphatic carbocycles. The van der Waals surface area contributed by atoms with E-state index in [2.05, 4.69) is 63.5 Å². The van der Waals surface area contributed by atoms with Gasteiger partial charge in [0.05, 0.1) is 29.0 Å². The van der Waals surface area contributed by atoms with Gasteiger partial charge in [-0.25, -0.2) is 4.98 Å². The Labute approximate surface area is 173 Å². The third kappa shape index (κ3) is 4.14. The average Bonchev–Trinajstić information content (AvgIpc) is 3.17. The molecule has 2 aliphatic rings. The van der Waals surface area contributed by atoms with Crippen molar-refractivity contribution in [2.75, 3.05) is 38.1 Å². The summed E-state index contributed by atoms with van der Waals surface area (Å²) in [6, 6.07) is 6.84. The fraction of sp³-hybridized carbons (Fsp3) is 0.478. The number of fused-ring (bicyclic) bond motifs is 1. The number of benzene rings is 1. The minimum Gasteiger partial charge on any atom is -0.367 e. The second-order valence-corrected chi connectivity index (χ2v) is 8.27. The highest BCUT2D eigenvalue weighted by Gasteiger charge is 2.28. The number of piperidine rings is 1. The largest absolute Gasteiger partial charge is 0.367 e. The van der Waals surface area contributed by atoms with Crippen LogP contribution in [0.15, 0.2) is 48.1 Å². The van der Waals surface area contributed by atoms with Crippen LogP contribution in [-0.2, 0) is 0 Å². The van der Waals surface area contributed by atoms with Gasteiger partial charge in [-0.05, 0) is 50.9 Å². The quantitative estimate of drug-likeness (QED) is 0.763. The van der Waals surface area contributed by atoms with Crippen molar-refractivity contribution >= 4 is 22.4 Å². The molecule has 1 aromatic carbocycles. The van der Waals surface area contributed by atoms with E-state index in [9.17, 15) is 0 Å². The summed E-state index contributed by atoms with van der Waals surface area (Å²) in [7, 11) is 2.19. The van der Waals surface area contributed by atoms with Gasteiger partial charge in [0.15, 0.2) is 0 Å². The van der Waals surface area contributed by atoms with Gasteiger partial charge >= 0.3 is 0 Å². The van der Waals surface area contributed by atoms with Crippen LogP contribution in [0, 0.1) is 0 Å². The molecule has 0 bridgehead atoms. The first-order valence-electron chi connectivity index (χ1n) is 10.6. The van der Waals surface area contributed by atoms with Gasteiger partial charge in [-0.2, -0.15) is 0 Å². The van der Waals surface area contributed by atoms with Crippen molar-refractivity contribution in [1.82, 2.24) is 20.2 Å². The van der Waals surface area contributed by atoms with E-state index < -0.39 is 0 Å². The number of anilines is 1. The van der Waals surface area contributed by atoms with Gasteiger partial charge in [-0.3, -0.25) is 10.3 Å². The Morgan fingerprint density at radius 2 is 2.03 bits per heavy atom. The van der Waals surface area contributed by atoms with Crippen molar-refractivity contribution in [3.8, 4) is 0 Å². The van der Waals surface area contributed by atoms with Crippen molar-refractivity contribution in [3.63, 3.8) is 0 Å². The molecule has 2 saturated heterocycles. The average molecular weight is 393 g/mol. The minimum absolute atomic E-state index is 0.189. The Kier molecular flexibility index (Phi) is 5.83. The maximum atomic E-state index is 5.06. The molecular formula is C23H32N6. The highest BCUT2D eigenvalue weighted by atomic mass is 15.3. The van der Waals surface area contributed by atoms with E-state index in [0.29, 0.717) is 0 Å². The van der Waals surface area contributed by atoms with Gasteiger partial charge in [0.2, 0.25) is 0 Å². The van der Waals surface area contributed by atoms with Crippen LogP contribution >= 0.6 is 0 Å². The van der Waals surface area contributed by atoms with Gasteiger partial charge in [-0.15, -0.1) is 0 Å². The molecule has 0 saturated carbocycles. The Morgan fingerprint density at radius 1 is 1.24 bits per heavy atom.